The van der Waals surface area contributed by atoms with Gasteiger partial charge in [0.1, 0.15) is 23.1 Å². The molecule has 0 atom stereocenters. The van der Waals surface area contributed by atoms with E-state index >= 15 is 0 Å². The van der Waals surface area contributed by atoms with Crippen LogP contribution in [0, 0.1) is 0 Å². The van der Waals surface area contributed by atoms with Crippen LogP contribution in [0.3, 0.4) is 0 Å². The Morgan fingerprint density at radius 3 is 2.76 bits per heavy atom. The Kier molecular flexibility index (Phi) is 9.05. The number of nitrogens with one attached hydrogen (secondary N) is 2. The molecule has 0 saturated carbocycles. The Hall–Kier alpha value is -4.09. The Bertz CT molecular complexity index is 1460. The highest BCUT2D eigenvalue weighted by atomic mass is 35.5. The number of halogens is 1. The number of amides is 1. The molecule has 1 saturated heterocycles. The topological polar surface area (TPSA) is 118 Å². The van der Waals surface area contributed by atoms with Crippen molar-refractivity contribution < 1.29 is 19.0 Å². The van der Waals surface area contributed by atoms with Crippen molar-refractivity contribution in [2.75, 3.05) is 50.6 Å². The predicted octanol–water partition coefficient (Wildman–Crippen LogP) is 4.60. The molecule has 1 aliphatic heterocycles. The predicted molar refractivity (Wildman–Crippen MR) is 158 cm³/mol. The summed E-state index contributed by atoms with van der Waals surface area (Å²) >= 11 is 6.55. The summed E-state index contributed by atoms with van der Waals surface area (Å²) in [6.07, 6.45) is 9.69. The Balaban J connectivity index is 1.42. The summed E-state index contributed by atoms with van der Waals surface area (Å²) < 4.78 is 17.0. The molecule has 11 nitrogen and oxygen atoms in total. The highest BCUT2D eigenvalue weighted by molar-refractivity contribution is 6.32. The molecule has 3 aromatic rings. The second-order valence-corrected chi connectivity index (χ2v) is 10.2. The number of rotatable bonds is 9. The van der Waals surface area contributed by atoms with Crippen molar-refractivity contribution in [3.05, 3.63) is 64.2 Å². The largest absolute Gasteiger partial charge is 0.496 e. The van der Waals surface area contributed by atoms with Crippen molar-refractivity contribution >= 4 is 35.4 Å². The van der Waals surface area contributed by atoms with Crippen molar-refractivity contribution in [2.45, 2.75) is 32.9 Å². The summed E-state index contributed by atoms with van der Waals surface area (Å²) in [6.45, 7) is 4.96. The normalized spacial score (nSPS) is 14.8. The number of aromatic amines is 1. The fourth-order valence-corrected chi connectivity index (χ4v) is 4.99. The van der Waals surface area contributed by atoms with Crippen LogP contribution >= 0.6 is 11.6 Å². The Morgan fingerprint density at radius 1 is 1.07 bits per heavy atom. The van der Waals surface area contributed by atoms with E-state index in [4.69, 9.17) is 40.8 Å². The molecule has 5 rings (SSSR count). The SMILES string of the molecule is COCc1cc(Oc2cc(NCc3nc4c([nH]3)CC=CC=C4)nc(N3CCCN(C(C)=O)CC3)n2)c(Cl)cc1OC. The van der Waals surface area contributed by atoms with Crippen LogP contribution in [-0.2, 0) is 29.1 Å². The molecule has 1 amide bonds. The van der Waals surface area contributed by atoms with Crippen LogP contribution in [0.1, 0.15) is 36.1 Å². The van der Waals surface area contributed by atoms with Crippen LogP contribution in [-0.4, -0.2) is 71.1 Å². The molecule has 2 aromatic heterocycles. The number of hydrogen-bond donors (Lipinski definition) is 2. The zero-order valence-corrected chi connectivity index (χ0v) is 24.2. The number of methoxy groups -OCH3 is 2. The molecule has 0 bridgehead atoms. The monoisotopic (exact) mass is 579 g/mol. The number of allylic oxidation sites excluding steroid dienone is 3. The van der Waals surface area contributed by atoms with Gasteiger partial charge in [-0.25, -0.2) is 4.98 Å². The molecule has 0 radical (unpaired) electrons. The van der Waals surface area contributed by atoms with Crippen molar-refractivity contribution in [3.8, 4) is 17.4 Å². The molecule has 2 aliphatic rings. The Morgan fingerprint density at radius 2 is 1.95 bits per heavy atom. The summed E-state index contributed by atoms with van der Waals surface area (Å²) in [5.41, 5.74) is 2.79. The van der Waals surface area contributed by atoms with Gasteiger partial charge < -0.3 is 34.3 Å². The third-order valence-corrected chi connectivity index (χ3v) is 7.18. The number of aromatic nitrogens is 4. The van der Waals surface area contributed by atoms with Crippen molar-refractivity contribution in [1.29, 1.82) is 0 Å². The van der Waals surface area contributed by atoms with Crippen LogP contribution in [0.15, 0.2) is 36.4 Å². The maximum absolute atomic E-state index is 12.0. The third-order valence-electron chi connectivity index (χ3n) is 6.88. The van der Waals surface area contributed by atoms with Gasteiger partial charge in [-0.05, 0) is 18.6 Å². The van der Waals surface area contributed by atoms with E-state index in [1.165, 1.54) is 0 Å². The number of nitrogens with zero attached hydrogens (tertiary/aromatic N) is 5. The van der Waals surface area contributed by atoms with E-state index in [2.05, 4.69) is 21.3 Å². The molecule has 3 heterocycles. The number of ether oxygens (including phenoxy) is 3. The summed E-state index contributed by atoms with van der Waals surface area (Å²) in [5, 5.41) is 3.74. The van der Waals surface area contributed by atoms with Crippen LogP contribution in [0.25, 0.3) is 6.08 Å². The second kappa shape index (κ2) is 13.0. The number of benzene rings is 1. The lowest BCUT2D eigenvalue weighted by atomic mass is 10.2. The molecule has 1 aromatic carbocycles. The van der Waals surface area contributed by atoms with Crippen molar-refractivity contribution in [1.82, 2.24) is 24.8 Å². The van der Waals surface area contributed by atoms with Gasteiger partial charge in [0.25, 0.3) is 0 Å². The summed E-state index contributed by atoms with van der Waals surface area (Å²) in [5.74, 6) is 3.29. The molecule has 1 aliphatic carbocycles. The first-order valence-corrected chi connectivity index (χ1v) is 13.9. The van der Waals surface area contributed by atoms with E-state index in [9.17, 15) is 4.79 Å². The second-order valence-electron chi connectivity index (χ2n) is 9.76. The van der Waals surface area contributed by atoms with E-state index in [1.54, 1.807) is 39.3 Å². The Labute approximate surface area is 244 Å². The molecule has 41 heavy (non-hydrogen) atoms. The lowest BCUT2D eigenvalue weighted by Crippen LogP contribution is -2.34. The number of carbonyl (C=O) groups excluding carboxylic acids is 1. The van der Waals surface area contributed by atoms with E-state index in [-0.39, 0.29) is 5.91 Å². The number of anilines is 2. The first kappa shape index (κ1) is 28.4. The molecule has 216 valence electrons. The first-order valence-electron chi connectivity index (χ1n) is 13.5. The molecular weight excluding hydrogens is 546 g/mol. The van der Waals surface area contributed by atoms with Gasteiger partial charge in [-0.15, -0.1) is 0 Å². The quantitative estimate of drug-likeness (QED) is 0.375. The number of hydrogen-bond acceptors (Lipinski definition) is 9. The van der Waals surface area contributed by atoms with Gasteiger partial charge in [0.2, 0.25) is 17.7 Å². The minimum Gasteiger partial charge on any atom is -0.496 e. The molecule has 12 heteroatoms. The summed E-state index contributed by atoms with van der Waals surface area (Å²) in [7, 11) is 3.19. The highest BCUT2D eigenvalue weighted by Crippen LogP contribution is 2.36. The lowest BCUT2D eigenvalue weighted by Gasteiger charge is -2.22. The van der Waals surface area contributed by atoms with Crippen LogP contribution in [0.2, 0.25) is 5.02 Å². The number of imidazole rings is 1. The molecular formula is C29H34ClN7O4. The van der Waals surface area contributed by atoms with Crippen LogP contribution in [0.5, 0.6) is 17.4 Å². The van der Waals surface area contributed by atoms with E-state index in [1.807, 2.05) is 23.1 Å². The van der Waals surface area contributed by atoms with Crippen LogP contribution < -0.4 is 19.7 Å². The fraction of sp³-hybridized carbons (Fsp3) is 0.379. The number of fused-ring (bicyclic) bond motifs is 1. The summed E-state index contributed by atoms with van der Waals surface area (Å²) in [4.78, 5) is 33.5. The molecule has 2 N–H and O–H groups in total. The van der Waals surface area contributed by atoms with Crippen molar-refractivity contribution in [2.24, 2.45) is 0 Å². The molecule has 1 fully saturated rings. The third kappa shape index (κ3) is 6.98. The average Bonchev–Trinajstić information content (AvgIpc) is 3.11. The lowest BCUT2D eigenvalue weighted by molar-refractivity contribution is -0.128. The zero-order chi connectivity index (χ0) is 28.8. The molecule has 0 spiro atoms. The van der Waals surface area contributed by atoms with Gasteiger partial charge in [-0.3, -0.25) is 4.79 Å². The number of carbonyl (C=O) groups is 1. The fourth-order valence-electron chi connectivity index (χ4n) is 4.80. The van der Waals surface area contributed by atoms with Gasteiger partial charge in [-0.1, -0.05) is 29.8 Å². The van der Waals surface area contributed by atoms with Gasteiger partial charge >= 0.3 is 0 Å². The minimum atomic E-state index is 0.0652. The van der Waals surface area contributed by atoms with Crippen LogP contribution in [0.4, 0.5) is 11.8 Å². The average molecular weight is 580 g/mol. The standard InChI is InChI=1S/C29H34ClN7O4/c1-19(38)36-10-7-11-37(13-12-36)29-34-26(31-17-27-32-22-8-5-4-6-9-23(22)33-27)16-28(35-29)41-25-14-20(18-39-2)24(40-3)15-21(25)30/h4-6,8,14-16H,7,9-13,17-18H2,1-3H3,(H,32,33)(H,31,34,35). The summed E-state index contributed by atoms with van der Waals surface area (Å²) in [6, 6.07) is 5.21. The van der Waals surface area contributed by atoms with Gasteiger partial charge in [0.05, 0.1) is 31.0 Å². The number of H-pyrrole nitrogens is 1. The van der Waals surface area contributed by atoms with Gasteiger partial charge in [-0.2, -0.15) is 9.97 Å². The smallest absolute Gasteiger partial charge is 0.230 e. The van der Waals surface area contributed by atoms with Crippen molar-refractivity contribution in [3.63, 3.8) is 0 Å². The van der Waals surface area contributed by atoms with Gasteiger partial charge in [0.15, 0.2) is 0 Å². The van der Waals surface area contributed by atoms with E-state index < -0.39 is 0 Å². The minimum absolute atomic E-state index is 0.0652. The zero-order valence-electron chi connectivity index (χ0n) is 23.4. The molecule has 0 unspecified atom stereocenters. The van der Waals surface area contributed by atoms with E-state index in [0.29, 0.717) is 73.5 Å². The highest BCUT2D eigenvalue weighted by Gasteiger charge is 2.21. The maximum Gasteiger partial charge on any atom is 0.230 e. The first-order chi connectivity index (χ1) is 19.9. The van der Waals surface area contributed by atoms with Gasteiger partial charge in [0, 0.05) is 70.0 Å². The maximum atomic E-state index is 12.0. The van der Waals surface area contributed by atoms with E-state index in [0.717, 1.165) is 35.6 Å².